The quantitative estimate of drug-likeness (QED) is 0.711. The summed E-state index contributed by atoms with van der Waals surface area (Å²) in [5.41, 5.74) is -0.271. The van der Waals surface area contributed by atoms with Gasteiger partial charge in [-0.25, -0.2) is 5.10 Å². The highest BCUT2D eigenvalue weighted by atomic mass is 16.4. The molecule has 0 spiro atoms. The molecule has 1 atom stereocenters. The molecule has 0 saturated heterocycles. The Morgan fingerprint density at radius 2 is 2.28 bits per heavy atom. The lowest BCUT2D eigenvalue weighted by Gasteiger charge is -2.05. The second-order valence-corrected chi connectivity index (χ2v) is 3.66. The average Bonchev–Trinajstić information content (AvgIpc) is 2.81. The van der Waals surface area contributed by atoms with Crippen molar-refractivity contribution in [1.82, 2.24) is 25.7 Å². The molecule has 2 rings (SSSR count). The van der Waals surface area contributed by atoms with Crippen LogP contribution in [0.1, 0.15) is 25.8 Å². The first-order valence-electron chi connectivity index (χ1n) is 5.58. The zero-order valence-corrected chi connectivity index (χ0v) is 10.1. The topological polar surface area (TPSA) is 109 Å². The fourth-order valence-corrected chi connectivity index (χ4v) is 1.38. The Morgan fingerprint density at radius 3 is 2.94 bits per heavy atom. The van der Waals surface area contributed by atoms with E-state index in [1.807, 2.05) is 13.8 Å². The van der Waals surface area contributed by atoms with Gasteiger partial charge in [-0.15, -0.1) is 5.10 Å². The molecule has 0 saturated carbocycles. The molecule has 2 aromatic rings. The predicted molar refractivity (Wildman–Crippen MR) is 64.5 cm³/mol. The largest absolute Gasteiger partial charge is 0.406 e. The van der Waals surface area contributed by atoms with E-state index in [0.29, 0.717) is 11.7 Å². The summed E-state index contributed by atoms with van der Waals surface area (Å²) in [4.78, 5) is 10.8. The summed E-state index contributed by atoms with van der Waals surface area (Å²) in [6.45, 7) is 4.74. The van der Waals surface area contributed by atoms with E-state index < -0.39 is 0 Å². The number of aromatic nitrogens is 4. The van der Waals surface area contributed by atoms with Gasteiger partial charge in [-0.05, 0) is 19.5 Å². The van der Waals surface area contributed by atoms with Crippen LogP contribution in [-0.2, 0) is 0 Å². The van der Waals surface area contributed by atoms with Crippen molar-refractivity contribution in [2.24, 2.45) is 0 Å². The molecule has 0 aliphatic rings. The van der Waals surface area contributed by atoms with Crippen LogP contribution in [0.2, 0.25) is 0 Å². The van der Waals surface area contributed by atoms with Crippen LogP contribution in [0.15, 0.2) is 21.3 Å². The summed E-state index contributed by atoms with van der Waals surface area (Å²) in [5.74, 6) is 0.921. The number of nitrogens with zero attached hydrogens (tertiary/aromatic N) is 3. The predicted octanol–water partition coefficient (Wildman–Crippen LogP) is 0.567. The standard InChI is InChI=1S/C10H14N6O2/c1-3-11-6(2)9-15-16-10(18-9)12-7-4-5-8(17)14-13-7/h4-6,11H,3H2,1-2H3,(H,14,17)(H,12,13,16). The van der Waals surface area contributed by atoms with E-state index in [0.717, 1.165) is 6.54 Å². The number of hydrogen-bond acceptors (Lipinski definition) is 7. The summed E-state index contributed by atoms with van der Waals surface area (Å²) >= 11 is 0. The van der Waals surface area contributed by atoms with Gasteiger partial charge in [0.1, 0.15) is 0 Å². The third-order valence-electron chi connectivity index (χ3n) is 2.24. The highest BCUT2D eigenvalue weighted by molar-refractivity contribution is 5.43. The van der Waals surface area contributed by atoms with Crippen molar-refractivity contribution in [1.29, 1.82) is 0 Å². The van der Waals surface area contributed by atoms with Crippen LogP contribution in [0.3, 0.4) is 0 Å². The third kappa shape index (κ3) is 2.92. The van der Waals surface area contributed by atoms with Gasteiger partial charge in [-0.1, -0.05) is 12.0 Å². The second kappa shape index (κ2) is 5.41. The maximum absolute atomic E-state index is 10.8. The highest BCUT2D eigenvalue weighted by Crippen LogP contribution is 2.15. The van der Waals surface area contributed by atoms with E-state index >= 15 is 0 Å². The fraction of sp³-hybridized carbons (Fsp3) is 0.400. The number of H-pyrrole nitrogens is 1. The van der Waals surface area contributed by atoms with E-state index in [1.165, 1.54) is 12.1 Å². The lowest BCUT2D eigenvalue weighted by molar-refractivity contribution is 0.430. The van der Waals surface area contributed by atoms with E-state index in [2.05, 4.69) is 31.0 Å². The normalized spacial score (nSPS) is 12.3. The molecule has 8 nitrogen and oxygen atoms in total. The summed E-state index contributed by atoms with van der Waals surface area (Å²) in [6.07, 6.45) is 0. The first-order chi connectivity index (χ1) is 8.69. The van der Waals surface area contributed by atoms with Crippen molar-refractivity contribution < 1.29 is 4.42 Å². The van der Waals surface area contributed by atoms with Gasteiger partial charge in [0.2, 0.25) is 5.89 Å². The Morgan fingerprint density at radius 1 is 1.44 bits per heavy atom. The molecule has 0 aliphatic heterocycles. The Balaban J connectivity index is 2.06. The Hall–Kier alpha value is -2.22. The molecule has 0 radical (unpaired) electrons. The van der Waals surface area contributed by atoms with Crippen LogP contribution in [0.4, 0.5) is 11.8 Å². The van der Waals surface area contributed by atoms with Gasteiger partial charge in [0.25, 0.3) is 5.56 Å². The monoisotopic (exact) mass is 250 g/mol. The molecule has 18 heavy (non-hydrogen) atoms. The molecule has 1 unspecified atom stereocenters. The molecule has 2 aromatic heterocycles. The van der Waals surface area contributed by atoms with Crippen molar-refractivity contribution in [3.63, 3.8) is 0 Å². The number of hydrogen-bond donors (Lipinski definition) is 3. The van der Waals surface area contributed by atoms with Gasteiger partial charge in [-0.3, -0.25) is 10.1 Å². The van der Waals surface area contributed by atoms with Gasteiger partial charge in [0.15, 0.2) is 5.82 Å². The lowest BCUT2D eigenvalue weighted by Crippen LogP contribution is -2.17. The molecular weight excluding hydrogens is 236 g/mol. The van der Waals surface area contributed by atoms with Crippen molar-refractivity contribution in [3.8, 4) is 0 Å². The zero-order chi connectivity index (χ0) is 13.0. The molecule has 0 bridgehead atoms. The zero-order valence-electron chi connectivity index (χ0n) is 10.1. The Bertz CT molecular complexity index is 543. The molecule has 0 fully saturated rings. The molecule has 0 amide bonds. The SMILES string of the molecule is CCNC(C)c1nnc(Nc2ccc(=O)[nH]n2)o1. The molecule has 96 valence electrons. The summed E-state index contributed by atoms with van der Waals surface area (Å²) in [6, 6.07) is 3.10. The fourth-order valence-electron chi connectivity index (χ4n) is 1.38. The van der Waals surface area contributed by atoms with Gasteiger partial charge >= 0.3 is 6.01 Å². The van der Waals surface area contributed by atoms with E-state index in [1.54, 1.807) is 0 Å². The third-order valence-corrected chi connectivity index (χ3v) is 2.24. The number of rotatable bonds is 5. The van der Waals surface area contributed by atoms with E-state index in [4.69, 9.17) is 4.42 Å². The van der Waals surface area contributed by atoms with Crippen molar-refractivity contribution in [2.45, 2.75) is 19.9 Å². The van der Waals surface area contributed by atoms with E-state index in [9.17, 15) is 4.79 Å². The van der Waals surface area contributed by atoms with Crippen molar-refractivity contribution >= 4 is 11.8 Å². The van der Waals surface area contributed by atoms with Crippen molar-refractivity contribution in [2.75, 3.05) is 11.9 Å². The number of nitrogens with one attached hydrogen (secondary N) is 3. The molecule has 2 heterocycles. The first-order valence-corrected chi connectivity index (χ1v) is 5.58. The van der Waals surface area contributed by atoms with Crippen LogP contribution in [0, 0.1) is 0 Å². The maximum atomic E-state index is 10.8. The minimum Gasteiger partial charge on any atom is -0.406 e. The van der Waals surface area contributed by atoms with Crippen LogP contribution in [0.25, 0.3) is 0 Å². The minimum absolute atomic E-state index is 0.0124. The first kappa shape index (κ1) is 12.2. The van der Waals surface area contributed by atoms with Gasteiger partial charge < -0.3 is 9.73 Å². The smallest absolute Gasteiger partial charge is 0.321 e. The van der Waals surface area contributed by atoms with Crippen LogP contribution in [0.5, 0.6) is 0 Å². The Kier molecular flexibility index (Phi) is 3.68. The Labute approximate surface area is 103 Å². The van der Waals surface area contributed by atoms with Crippen LogP contribution >= 0.6 is 0 Å². The van der Waals surface area contributed by atoms with Gasteiger partial charge in [-0.2, -0.15) is 5.10 Å². The molecule has 8 heteroatoms. The van der Waals surface area contributed by atoms with Crippen LogP contribution < -0.4 is 16.2 Å². The average molecular weight is 250 g/mol. The summed E-state index contributed by atoms with van der Waals surface area (Å²) < 4.78 is 5.40. The molecule has 0 aromatic carbocycles. The molecular formula is C10H14N6O2. The van der Waals surface area contributed by atoms with Crippen LogP contribution in [-0.4, -0.2) is 26.9 Å². The van der Waals surface area contributed by atoms with E-state index in [-0.39, 0.29) is 17.6 Å². The highest BCUT2D eigenvalue weighted by Gasteiger charge is 2.12. The summed E-state index contributed by atoms with van der Waals surface area (Å²) in [7, 11) is 0. The number of aromatic amines is 1. The number of anilines is 2. The minimum atomic E-state index is -0.271. The lowest BCUT2D eigenvalue weighted by atomic mass is 10.3. The molecule has 0 aliphatic carbocycles. The molecule has 3 N–H and O–H groups in total. The second-order valence-electron chi connectivity index (χ2n) is 3.66. The van der Waals surface area contributed by atoms with Crippen molar-refractivity contribution in [3.05, 3.63) is 28.4 Å². The maximum Gasteiger partial charge on any atom is 0.321 e. The van der Waals surface area contributed by atoms with Gasteiger partial charge in [0, 0.05) is 6.07 Å². The summed E-state index contributed by atoms with van der Waals surface area (Å²) in [5, 5.41) is 19.8. The van der Waals surface area contributed by atoms with Gasteiger partial charge in [0.05, 0.1) is 6.04 Å².